The summed E-state index contributed by atoms with van der Waals surface area (Å²) in [7, 11) is -4.07. The van der Waals surface area contributed by atoms with E-state index in [1.54, 1.807) is 6.92 Å². The smallest absolute Gasteiger partial charge is 0.312 e. The molecule has 2 rings (SSSR count). The summed E-state index contributed by atoms with van der Waals surface area (Å²) < 4.78 is 77.0. The number of hydrogen-bond donors (Lipinski definition) is 1. The lowest BCUT2D eigenvalue weighted by Gasteiger charge is -2.31. The number of piperazine rings is 1. The van der Waals surface area contributed by atoms with Gasteiger partial charge in [0.1, 0.15) is 5.82 Å². The van der Waals surface area contributed by atoms with Gasteiger partial charge in [-0.25, -0.2) is 12.8 Å². The van der Waals surface area contributed by atoms with Crippen LogP contribution in [0.3, 0.4) is 0 Å². The number of nitrogens with one attached hydrogen (secondary N) is 1. The summed E-state index contributed by atoms with van der Waals surface area (Å²) >= 11 is 0. The van der Waals surface area contributed by atoms with Crippen molar-refractivity contribution >= 4 is 10.0 Å². The first-order valence-corrected chi connectivity index (χ1v) is 7.66. The van der Waals surface area contributed by atoms with Crippen LogP contribution in [-0.2, 0) is 16.2 Å². The molecule has 0 unspecified atom stereocenters. The second-order valence-corrected chi connectivity index (χ2v) is 6.80. The van der Waals surface area contributed by atoms with Crippen LogP contribution in [0.1, 0.15) is 12.5 Å². The van der Waals surface area contributed by atoms with E-state index in [9.17, 15) is 26.0 Å². The van der Waals surface area contributed by atoms with Gasteiger partial charge in [-0.05, 0) is 25.1 Å². The highest BCUT2D eigenvalue weighted by Crippen LogP contribution is 2.33. The van der Waals surface area contributed by atoms with Crippen LogP contribution in [0.2, 0.25) is 0 Å². The molecule has 21 heavy (non-hydrogen) atoms. The van der Waals surface area contributed by atoms with Gasteiger partial charge in [0, 0.05) is 25.7 Å². The Morgan fingerprint density at radius 1 is 1.33 bits per heavy atom. The van der Waals surface area contributed by atoms with Gasteiger partial charge in [0.2, 0.25) is 10.0 Å². The Labute approximate surface area is 119 Å². The summed E-state index contributed by atoms with van der Waals surface area (Å²) in [5, 5.41) is 3.03. The lowest BCUT2D eigenvalue weighted by atomic mass is 10.2. The Morgan fingerprint density at radius 2 is 2.00 bits per heavy atom. The molecule has 0 amide bonds. The van der Waals surface area contributed by atoms with Crippen molar-refractivity contribution in [3.63, 3.8) is 0 Å². The zero-order chi connectivity index (χ0) is 15.8. The Balaban J connectivity index is 2.41. The molecule has 1 aromatic carbocycles. The minimum Gasteiger partial charge on any atom is -0.312 e. The summed E-state index contributed by atoms with van der Waals surface area (Å²) in [5.41, 5.74) is -1.58. The van der Waals surface area contributed by atoms with Crippen molar-refractivity contribution in [1.82, 2.24) is 9.62 Å². The molecule has 1 fully saturated rings. The average Bonchev–Trinajstić information content (AvgIpc) is 2.37. The SMILES string of the molecule is C[C@@H]1CN(S(=O)(=O)c2ccc(F)c(C(F)(F)F)c2)CCN1. The zero-order valence-corrected chi connectivity index (χ0v) is 11.9. The monoisotopic (exact) mass is 326 g/mol. The fraction of sp³-hybridized carbons (Fsp3) is 0.500. The van der Waals surface area contributed by atoms with Crippen LogP contribution in [0.5, 0.6) is 0 Å². The van der Waals surface area contributed by atoms with Crippen molar-refractivity contribution in [3.05, 3.63) is 29.6 Å². The van der Waals surface area contributed by atoms with Gasteiger partial charge in [0.05, 0.1) is 10.5 Å². The van der Waals surface area contributed by atoms with Crippen molar-refractivity contribution in [2.24, 2.45) is 0 Å². The molecule has 1 aliphatic rings. The van der Waals surface area contributed by atoms with E-state index in [-0.39, 0.29) is 19.1 Å². The van der Waals surface area contributed by atoms with E-state index < -0.39 is 32.5 Å². The number of benzene rings is 1. The lowest BCUT2D eigenvalue weighted by Crippen LogP contribution is -2.51. The van der Waals surface area contributed by atoms with Gasteiger partial charge in [0.15, 0.2) is 0 Å². The summed E-state index contributed by atoms with van der Waals surface area (Å²) in [6.07, 6.45) is -4.94. The molecule has 1 N–H and O–H groups in total. The fourth-order valence-corrected chi connectivity index (χ4v) is 3.70. The highest BCUT2D eigenvalue weighted by Gasteiger charge is 2.36. The van der Waals surface area contributed by atoms with Crippen LogP contribution in [0.4, 0.5) is 17.6 Å². The van der Waals surface area contributed by atoms with Gasteiger partial charge in [-0.1, -0.05) is 0 Å². The van der Waals surface area contributed by atoms with Gasteiger partial charge < -0.3 is 5.32 Å². The van der Waals surface area contributed by atoms with E-state index in [1.807, 2.05) is 0 Å². The third-order valence-corrected chi connectivity index (χ3v) is 5.07. The third-order valence-electron chi connectivity index (χ3n) is 3.21. The molecule has 9 heteroatoms. The van der Waals surface area contributed by atoms with E-state index in [0.29, 0.717) is 18.7 Å². The van der Waals surface area contributed by atoms with Crippen molar-refractivity contribution in [2.75, 3.05) is 19.6 Å². The molecular weight excluding hydrogens is 312 g/mol. The van der Waals surface area contributed by atoms with Gasteiger partial charge in [-0.2, -0.15) is 17.5 Å². The summed E-state index contributed by atoms with van der Waals surface area (Å²) in [5.74, 6) is -1.49. The lowest BCUT2D eigenvalue weighted by molar-refractivity contribution is -0.140. The molecule has 4 nitrogen and oxygen atoms in total. The van der Waals surface area contributed by atoms with E-state index in [0.717, 1.165) is 10.4 Å². The summed E-state index contributed by atoms with van der Waals surface area (Å²) in [6.45, 7) is 2.49. The molecule has 0 radical (unpaired) electrons. The van der Waals surface area contributed by atoms with Crippen molar-refractivity contribution in [2.45, 2.75) is 24.0 Å². The molecule has 1 heterocycles. The number of hydrogen-bond acceptors (Lipinski definition) is 3. The molecule has 0 aliphatic carbocycles. The predicted molar refractivity (Wildman–Crippen MR) is 67.6 cm³/mol. The van der Waals surface area contributed by atoms with Crippen LogP contribution in [0, 0.1) is 5.82 Å². The Morgan fingerprint density at radius 3 is 2.57 bits per heavy atom. The maximum Gasteiger partial charge on any atom is 0.419 e. The van der Waals surface area contributed by atoms with Crippen LogP contribution < -0.4 is 5.32 Å². The minimum atomic E-state index is -4.94. The topological polar surface area (TPSA) is 49.4 Å². The van der Waals surface area contributed by atoms with Gasteiger partial charge in [-0.3, -0.25) is 0 Å². The zero-order valence-electron chi connectivity index (χ0n) is 11.1. The second-order valence-electron chi connectivity index (χ2n) is 4.86. The molecule has 1 aliphatic heterocycles. The maximum atomic E-state index is 13.2. The maximum absolute atomic E-state index is 13.2. The molecule has 0 spiro atoms. The Bertz CT molecular complexity index is 631. The van der Waals surface area contributed by atoms with Gasteiger partial charge in [-0.15, -0.1) is 0 Å². The van der Waals surface area contributed by atoms with E-state index >= 15 is 0 Å². The third kappa shape index (κ3) is 3.35. The number of halogens is 4. The van der Waals surface area contributed by atoms with Crippen LogP contribution in [0.15, 0.2) is 23.1 Å². The molecule has 1 atom stereocenters. The molecule has 0 aromatic heterocycles. The number of nitrogens with zero attached hydrogens (tertiary/aromatic N) is 1. The fourth-order valence-electron chi connectivity index (χ4n) is 2.15. The Hall–Kier alpha value is -1.19. The van der Waals surface area contributed by atoms with E-state index in [4.69, 9.17) is 0 Å². The Kier molecular flexibility index (Phi) is 4.27. The molecule has 118 valence electrons. The highest BCUT2D eigenvalue weighted by molar-refractivity contribution is 7.89. The van der Waals surface area contributed by atoms with Crippen molar-refractivity contribution in [1.29, 1.82) is 0 Å². The summed E-state index contributed by atoms with van der Waals surface area (Å²) in [4.78, 5) is -0.551. The molecular formula is C12H14F4N2O2S. The average molecular weight is 326 g/mol. The van der Waals surface area contributed by atoms with Crippen LogP contribution >= 0.6 is 0 Å². The van der Waals surface area contributed by atoms with Gasteiger partial charge in [0.25, 0.3) is 0 Å². The quantitative estimate of drug-likeness (QED) is 0.844. The van der Waals surface area contributed by atoms with E-state index in [1.165, 1.54) is 0 Å². The normalized spacial score (nSPS) is 21.5. The first-order valence-electron chi connectivity index (χ1n) is 6.22. The first kappa shape index (κ1) is 16.2. The first-order chi connectivity index (χ1) is 9.62. The van der Waals surface area contributed by atoms with Crippen LogP contribution in [-0.4, -0.2) is 38.4 Å². The molecule has 1 saturated heterocycles. The van der Waals surface area contributed by atoms with Crippen LogP contribution in [0.25, 0.3) is 0 Å². The number of alkyl halides is 3. The predicted octanol–water partition coefficient (Wildman–Crippen LogP) is 1.83. The minimum absolute atomic E-state index is 0.101. The van der Waals surface area contributed by atoms with Gasteiger partial charge >= 0.3 is 6.18 Å². The second kappa shape index (κ2) is 5.54. The number of rotatable bonds is 2. The van der Waals surface area contributed by atoms with Crippen molar-refractivity contribution in [3.8, 4) is 0 Å². The number of sulfonamides is 1. The van der Waals surface area contributed by atoms with Crippen molar-refractivity contribution < 1.29 is 26.0 Å². The largest absolute Gasteiger partial charge is 0.419 e. The highest BCUT2D eigenvalue weighted by atomic mass is 32.2. The molecule has 0 saturated carbocycles. The summed E-state index contributed by atoms with van der Waals surface area (Å²) in [6, 6.07) is 1.63. The van der Waals surface area contributed by atoms with E-state index in [2.05, 4.69) is 5.32 Å². The molecule has 0 bridgehead atoms. The molecule has 1 aromatic rings. The standard InChI is InChI=1S/C12H14F4N2O2S/c1-8-7-18(5-4-17-8)21(19,20)9-2-3-11(13)10(6-9)12(14,15)16/h2-3,6,8,17H,4-5,7H2,1H3/t8-/m1/s1.